The third-order valence-corrected chi connectivity index (χ3v) is 5.97. The molecule has 0 saturated heterocycles. The Kier molecular flexibility index (Phi) is 5.24. The number of carbonyl (C=O) groups is 1. The highest BCUT2D eigenvalue weighted by Crippen LogP contribution is 2.45. The molecule has 5 rings (SSSR count). The number of aromatic nitrogens is 4. The van der Waals surface area contributed by atoms with Gasteiger partial charge in [0.25, 0.3) is 0 Å². The Bertz CT molecular complexity index is 1350. The Balaban J connectivity index is 1.38. The van der Waals surface area contributed by atoms with Crippen LogP contribution in [0.3, 0.4) is 0 Å². The zero-order valence-electron chi connectivity index (χ0n) is 19.2. The number of amides is 2. The van der Waals surface area contributed by atoms with E-state index in [1.54, 1.807) is 22.7 Å². The summed E-state index contributed by atoms with van der Waals surface area (Å²) in [5.74, 6) is 0.848. The van der Waals surface area contributed by atoms with Crippen molar-refractivity contribution in [1.82, 2.24) is 19.8 Å². The van der Waals surface area contributed by atoms with Crippen LogP contribution in [0.2, 0.25) is 0 Å². The molecular formula is C24H27N7O3. The molecule has 34 heavy (non-hydrogen) atoms. The van der Waals surface area contributed by atoms with Crippen molar-refractivity contribution < 1.29 is 14.4 Å². The molecule has 1 atom stereocenters. The predicted molar refractivity (Wildman–Crippen MR) is 128 cm³/mol. The van der Waals surface area contributed by atoms with Crippen molar-refractivity contribution in [2.24, 2.45) is 5.92 Å². The fraction of sp³-hybridized carbons (Fsp3) is 0.333. The summed E-state index contributed by atoms with van der Waals surface area (Å²) < 4.78 is 6.86. The number of rotatable bonds is 5. The summed E-state index contributed by atoms with van der Waals surface area (Å²) in [4.78, 5) is 16.5. The normalized spacial score (nSPS) is 14.8. The molecule has 1 saturated carbocycles. The predicted octanol–water partition coefficient (Wildman–Crippen LogP) is 4.35. The van der Waals surface area contributed by atoms with Gasteiger partial charge in [-0.1, -0.05) is 38.1 Å². The highest BCUT2D eigenvalue weighted by molar-refractivity contribution is 5.99. The average molecular weight is 462 g/mol. The van der Waals surface area contributed by atoms with Gasteiger partial charge in [-0.3, -0.25) is 5.32 Å². The molecule has 0 radical (unpaired) electrons. The van der Waals surface area contributed by atoms with Crippen LogP contribution in [0.1, 0.15) is 51.0 Å². The summed E-state index contributed by atoms with van der Waals surface area (Å²) in [7, 11) is 0. The number of nitrogens with zero attached hydrogens (tertiary/aromatic N) is 4. The Labute approximate surface area is 196 Å². The molecule has 1 aromatic carbocycles. The van der Waals surface area contributed by atoms with Gasteiger partial charge in [0.2, 0.25) is 5.88 Å². The minimum Gasteiger partial charge on any atom is -0.388 e. The van der Waals surface area contributed by atoms with Crippen LogP contribution in [0.5, 0.6) is 0 Å². The SMILES string of the molecule is CC(C)(C)c1cc(NC(=O)Nc2ccc(-c3c(C(O)C4CC4)cn4ncnc(N)c34)cc2)on1. The summed E-state index contributed by atoms with van der Waals surface area (Å²) in [6, 6.07) is 8.57. The van der Waals surface area contributed by atoms with Crippen LogP contribution in [0.15, 0.2) is 47.4 Å². The summed E-state index contributed by atoms with van der Waals surface area (Å²) in [5.41, 5.74) is 10.4. The van der Waals surface area contributed by atoms with E-state index in [2.05, 4.69) is 25.9 Å². The van der Waals surface area contributed by atoms with Crippen molar-refractivity contribution in [2.75, 3.05) is 16.4 Å². The molecule has 3 heterocycles. The fourth-order valence-corrected chi connectivity index (χ4v) is 3.93. The Morgan fingerprint density at radius 2 is 1.97 bits per heavy atom. The van der Waals surface area contributed by atoms with Crippen LogP contribution in [0.4, 0.5) is 22.2 Å². The molecular weight excluding hydrogens is 434 g/mol. The molecule has 1 aliphatic carbocycles. The standard InChI is InChI=1S/C24H27N7O3/c1-24(2,3)17-10-18(34-30-17)29-23(33)28-15-8-6-13(7-9-15)19-16(21(32)14-4-5-14)11-31-20(19)22(25)26-12-27-31/h6-12,14,21,32H,4-5H2,1-3H3,(H2,25,26,27)(H2,28,29,33). The monoisotopic (exact) mass is 461 g/mol. The third-order valence-electron chi connectivity index (χ3n) is 5.97. The number of fused-ring (bicyclic) bond motifs is 1. The molecule has 3 aromatic heterocycles. The minimum absolute atomic E-state index is 0.181. The van der Waals surface area contributed by atoms with E-state index in [9.17, 15) is 9.90 Å². The number of carbonyl (C=O) groups excluding carboxylic acids is 1. The first-order valence-corrected chi connectivity index (χ1v) is 11.2. The number of hydrogen-bond acceptors (Lipinski definition) is 7. The second-order valence-electron chi connectivity index (χ2n) is 9.66. The summed E-state index contributed by atoms with van der Waals surface area (Å²) in [5, 5.41) is 24.6. The average Bonchev–Trinajstić information content (AvgIpc) is 3.39. The van der Waals surface area contributed by atoms with Crippen molar-refractivity contribution in [3.63, 3.8) is 0 Å². The van der Waals surface area contributed by atoms with E-state index in [-0.39, 0.29) is 17.2 Å². The topological polar surface area (TPSA) is 144 Å². The molecule has 4 aromatic rings. The van der Waals surface area contributed by atoms with E-state index >= 15 is 0 Å². The molecule has 0 spiro atoms. The van der Waals surface area contributed by atoms with Crippen LogP contribution < -0.4 is 16.4 Å². The van der Waals surface area contributed by atoms with Gasteiger partial charge in [-0.05, 0) is 36.5 Å². The first kappa shape index (κ1) is 21.9. The van der Waals surface area contributed by atoms with Crippen molar-refractivity contribution in [2.45, 2.75) is 45.1 Å². The number of nitrogens with one attached hydrogen (secondary N) is 2. The van der Waals surface area contributed by atoms with Gasteiger partial charge in [0.05, 0.1) is 11.8 Å². The van der Waals surface area contributed by atoms with Gasteiger partial charge >= 0.3 is 6.03 Å². The number of aliphatic hydroxyl groups excluding tert-OH is 1. The van der Waals surface area contributed by atoms with Crippen molar-refractivity contribution in [3.8, 4) is 11.1 Å². The molecule has 2 amide bonds. The third kappa shape index (κ3) is 4.19. The lowest BCUT2D eigenvalue weighted by Gasteiger charge is -2.12. The van der Waals surface area contributed by atoms with E-state index < -0.39 is 12.1 Å². The van der Waals surface area contributed by atoms with Crippen molar-refractivity contribution in [3.05, 3.63) is 54.1 Å². The summed E-state index contributed by atoms with van der Waals surface area (Å²) >= 11 is 0. The molecule has 176 valence electrons. The first-order valence-electron chi connectivity index (χ1n) is 11.2. The van der Waals surface area contributed by atoms with Crippen LogP contribution in [-0.4, -0.2) is 30.9 Å². The largest absolute Gasteiger partial charge is 0.388 e. The van der Waals surface area contributed by atoms with Gasteiger partial charge in [-0.15, -0.1) is 0 Å². The molecule has 5 N–H and O–H groups in total. The lowest BCUT2D eigenvalue weighted by molar-refractivity contribution is 0.154. The van der Waals surface area contributed by atoms with E-state index in [1.165, 1.54) is 6.33 Å². The van der Waals surface area contributed by atoms with Crippen LogP contribution in [0.25, 0.3) is 16.6 Å². The van der Waals surface area contributed by atoms with Gasteiger partial charge < -0.3 is 20.7 Å². The quantitative estimate of drug-likeness (QED) is 0.346. The molecule has 10 nitrogen and oxygen atoms in total. The molecule has 10 heteroatoms. The highest BCUT2D eigenvalue weighted by Gasteiger charge is 2.34. The van der Waals surface area contributed by atoms with Gasteiger partial charge in [0.15, 0.2) is 5.82 Å². The number of urea groups is 1. The summed E-state index contributed by atoms with van der Waals surface area (Å²) in [6.07, 6.45) is 4.60. The molecule has 1 fully saturated rings. The van der Waals surface area contributed by atoms with Gasteiger partial charge in [0, 0.05) is 34.5 Å². The molecule has 0 aliphatic heterocycles. The lowest BCUT2D eigenvalue weighted by atomic mass is 9.92. The Morgan fingerprint density at radius 1 is 1.24 bits per heavy atom. The number of benzene rings is 1. The van der Waals surface area contributed by atoms with E-state index in [1.807, 2.05) is 39.1 Å². The van der Waals surface area contributed by atoms with Crippen LogP contribution in [-0.2, 0) is 5.41 Å². The number of hydrogen-bond donors (Lipinski definition) is 4. The minimum atomic E-state index is -0.598. The zero-order chi connectivity index (χ0) is 24.0. The maximum absolute atomic E-state index is 12.4. The van der Waals surface area contributed by atoms with Gasteiger partial charge in [-0.2, -0.15) is 5.10 Å². The lowest BCUT2D eigenvalue weighted by Crippen LogP contribution is -2.19. The second kappa shape index (κ2) is 8.14. The van der Waals surface area contributed by atoms with Crippen LogP contribution >= 0.6 is 0 Å². The molecule has 1 aliphatic rings. The van der Waals surface area contributed by atoms with E-state index in [4.69, 9.17) is 10.3 Å². The Morgan fingerprint density at radius 3 is 2.62 bits per heavy atom. The maximum atomic E-state index is 12.4. The van der Waals surface area contributed by atoms with E-state index in [0.717, 1.165) is 35.2 Å². The number of nitrogen functional groups attached to an aromatic ring is 1. The zero-order valence-corrected chi connectivity index (χ0v) is 19.2. The Hall–Kier alpha value is -3.92. The molecule has 1 unspecified atom stereocenters. The van der Waals surface area contributed by atoms with E-state index in [0.29, 0.717) is 17.0 Å². The van der Waals surface area contributed by atoms with Gasteiger partial charge in [-0.25, -0.2) is 14.3 Å². The number of nitrogens with two attached hydrogens (primary N) is 1. The molecule has 0 bridgehead atoms. The first-order chi connectivity index (χ1) is 16.2. The van der Waals surface area contributed by atoms with Gasteiger partial charge in [0.1, 0.15) is 11.8 Å². The van der Waals surface area contributed by atoms with Crippen molar-refractivity contribution in [1.29, 1.82) is 0 Å². The van der Waals surface area contributed by atoms with Crippen LogP contribution in [0, 0.1) is 5.92 Å². The fourth-order valence-electron chi connectivity index (χ4n) is 3.93. The number of anilines is 3. The highest BCUT2D eigenvalue weighted by atomic mass is 16.5. The second-order valence-corrected chi connectivity index (χ2v) is 9.66. The maximum Gasteiger partial charge on any atom is 0.326 e. The van der Waals surface area contributed by atoms with Crippen molar-refractivity contribution >= 4 is 28.9 Å². The number of aliphatic hydroxyl groups is 1. The smallest absolute Gasteiger partial charge is 0.326 e. The summed E-state index contributed by atoms with van der Waals surface area (Å²) in [6.45, 7) is 6.04.